The molecule has 18 atom stereocenters. The molecule has 1 amide bonds. The number of nitrogens with zero attached hydrogens (tertiary/aromatic N) is 1. The standard InChI is InChI=1S/C40H69NO15/c1-15-28-40(12,49)33(45)21(4)30(44)19(2)17-38(10,48)35(56-37-32(53-26(9)43)27(16-20(3)51-37)41(13)25(8)42)22(5)31(23(6)36(47)54-28)55-29-18-39(11,50-14)34(46)24(7)52-29/h19-24,27-29,31-35,37,45-46,48-49H,15-18H2,1-14H3/t19-,20?,21+,22+,23-,24?,27?,28-,29?,31+,32?,33-,34?,35-,37?,38+,39?,40-/m1/s1. The van der Waals surface area contributed by atoms with Gasteiger partial charge in [-0.2, -0.15) is 0 Å². The first-order chi connectivity index (χ1) is 25.7. The van der Waals surface area contributed by atoms with Crippen LogP contribution < -0.4 is 0 Å². The van der Waals surface area contributed by atoms with Crippen molar-refractivity contribution in [1.82, 2.24) is 4.90 Å². The Balaban J connectivity index is 2.25. The number of amides is 1. The number of ether oxygens (including phenoxy) is 7. The van der Waals surface area contributed by atoms with Crippen LogP contribution in [-0.2, 0) is 52.3 Å². The van der Waals surface area contributed by atoms with Gasteiger partial charge in [-0.05, 0) is 60.8 Å². The molecule has 3 rings (SSSR count). The first-order valence-electron chi connectivity index (χ1n) is 19.9. The van der Waals surface area contributed by atoms with E-state index in [0.717, 1.165) is 0 Å². The fourth-order valence-electron chi connectivity index (χ4n) is 8.82. The van der Waals surface area contributed by atoms with E-state index in [1.807, 2.05) is 0 Å². The molecule has 16 heteroatoms. The lowest BCUT2D eigenvalue weighted by Gasteiger charge is -2.49. The number of likely N-dealkylation sites (N-methyl/N-ethyl adjacent to an activating group) is 1. The van der Waals surface area contributed by atoms with Crippen molar-refractivity contribution in [3.63, 3.8) is 0 Å². The number of carbonyl (C=O) groups excluding carboxylic acids is 4. The van der Waals surface area contributed by atoms with Gasteiger partial charge in [0.05, 0.1) is 53.7 Å². The number of hydrogen-bond acceptors (Lipinski definition) is 15. The van der Waals surface area contributed by atoms with Crippen molar-refractivity contribution >= 4 is 23.6 Å². The van der Waals surface area contributed by atoms with Crippen molar-refractivity contribution in [3.05, 3.63) is 0 Å². The number of esters is 2. The molecule has 3 saturated heterocycles. The highest BCUT2D eigenvalue weighted by molar-refractivity contribution is 5.83. The van der Waals surface area contributed by atoms with Crippen LogP contribution in [0.25, 0.3) is 0 Å². The van der Waals surface area contributed by atoms with E-state index in [2.05, 4.69) is 0 Å². The number of aliphatic hydroxyl groups excluding tert-OH is 2. The summed E-state index contributed by atoms with van der Waals surface area (Å²) in [6.45, 7) is 18.5. The van der Waals surface area contributed by atoms with Crippen molar-refractivity contribution in [3.8, 4) is 0 Å². The molecule has 0 aromatic rings. The Labute approximate surface area is 331 Å². The molecule has 0 bridgehead atoms. The molecule has 0 saturated carbocycles. The van der Waals surface area contributed by atoms with E-state index in [1.165, 1.54) is 46.6 Å². The summed E-state index contributed by atoms with van der Waals surface area (Å²) in [7, 11) is 3.04. The zero-order chi connectivity index (χ0) is 42.8. The average molecular weight is 804 g/mol. The van der Waals surface area contributed by atoms with Gasteiger partial charge < -0.3 is 58.5 Å². The molecule has 3 aliphatic rings. The number of hydrogen-bond donors (Lipinski definition) is 4. The highest BCUT2D eigenvalue weighted by atomic mass is 16.7. The van der Waals surface area contributed by atoms with Crippen LogP contribution in [0.5, 0.6) is 0 Å². The SMILES string of the molecule is CC[C@H]1OC(=O)[C@H](C)[C@@H](OC2CC(C)(OC)C(O)C(C)O2)[C@H](C)[C@@H](OC2OC(C)CC(N(C)C(C)=O)C2OC(C)=O)[C@@](C)(O)C[C@@H](C)C(=O)[C@H](C)[C@@H](O)[C@]1(C)O. The molecule has 4 N–H and O–H groups in total. The van der Waals surface area contributed by atoms with Crippen LogP contribution >= 0.6 is 0 Å². The summed E-state index contributed by atoms with van der Waals surface area (Å²) in [4.78, 5) is 54.7. The summed E-state index contributed by atoms with van der Waals surface area (Å²) in [6.07, 6.45) is -11.0. The minimum absolute atomic E-state index is 0.0423. The molecule has 3 fully saturated rings. The zero-order valence-corrected chi connectivity index (χ0v) is 35.7. The van der Waals surface area contributed by atoms with Crippen LogP contribution in [0.2, 0.25) is 0 Å². The number of methoxy groups -OCH3 is 1. The highest BCUT2D eigenvalue weighted by Gasteiger charge is 2.54. The van der Waals surface area contributed by atoms with Crippen molar-refractivity contribution in [2.24, 2.45) is 23.7 Å². The third-order valence-corrected chi connectivity index (χ3v) is 12.4. The second-order valence-electron chi connectivity index (χ2n) is 17.2. The molecule has 3 aliphatic heterocycles. The van der Waals surface area contributed by atoms with Crippen LogP contribution in [0.1, 0.15) is 109 Å². The van der Waals surface area contributed by atoms with Crippen molar-refractivity contribution in [1.29, 1.82) is 0 Å². The largest absolute Gasteiger partial charge is 0.459 e. The normalized spacial score (nSPS) is 46.0. The molecular weight excluding hydrogens is 734 g/mol. The summed E-state index contributed by atoms with van der Waals surface area (Å²) in [5.41, 5.74) is -5.05. The second kappa shape index (κ2) is 18.8. The number of ketones is 1. The van der Waals surface area contributed by atoms with Crippen molar-refractivity contribution < 1.29 is 72.8 Å². The monoisotopic (exact) mass is 803 g/mol. The minimum Gasteiger partial charge on any atom is -0.459 e. The quantitative estimate of drug-likeness (QED) is 0.259. The van der Waals surface area contributed by atoms with Crippen LogP contribution in [-0.4, -0.2) is 147 Å². The topological polar surface area (TPSA) is 217 Å². The molecule has 324 valence electrons. The van der Waals surface area contributed by atoms with Gasteiger partial charge in [-0.1, -0.05) is 27.7 Å². The second-order valence-corrected chi connectivity index (χ2v) is 17.2. The Bertz CT molecular complexity index is 1370. The summed E-state index contributed by atoms with van der Waals surface area (Å²) in [6, 6.07) is -0.679. The third kappa shape index (κ3) is 10.5. The fraction of sp³-hybridized carbons (Fsp3) is 0.900. The van der Waals surface area contributed by atoms with Gasteiger partial charge in [0.15, 0.2) is 18.7 Å². The van der Waals surface area contributed by atoms with Crippen LogP contribution in [0, 0.1) is 23.7 Å². The van der Waals surface area contributed by atoms with E-state index in [9.17, 15) is 39.6 Å². The molecule has 16 nitrogen and oxygen atoms in total. The van der Waals surface area contributed by atoms with Gasteiger partial charge in [0.1, 0.15) is 23.6 Å². The molecule has 0 aromatic heterocycles. The zero-order valence-electron chi connectivity index (χ0n) is 35.7. The summed E-state index contributed by atoms with van der Waals surface area (Å²) in [5, 5.41) is 46.5. The first kappa shape index (κ1) is 48.1. The maximum atomic E-state index is 14.2. The Kier molecular flexibility index (Phi) is 16.1. The lowest BCUT2D eigenvalue weighted by Crippen LogP contribution is -2.62. The molecule has 0 spiro atoms. The van der Waals surface area contributed by atoms with E-state index in [4.69, 9.17) is 33.2 Å². The van der Waals surface area contributed by atoms with Crippen LogP contribution in [0.3, 0.4) is 0 Å². The number of Topliss-reactive ketones (excluding diaryl/α,β-unsaturated/α-hetero) is 1. The van der Waals surface area contributed by atoms with Gasteiger partial charge in [-0.25, -0.2) is 0 Å². The van der Waals surface area contributed by atoms with Crippen LogP contribution in [0.15, 0.2) is 0 Å². The highest BCUT2D eigenvalue weighted by Crippen LogP contribution is 2.41. The summed E-state index contributed by atoms with van der Waals surface area (Å²) < 4.78 is 43.2. The van der Waals surface area contributed by atoms with Gasteiger partial charge in [-0.3, -0.25) is 19.2 Å². The summed E-state index contributed by atoms with van der Waals surface area (Å²) in [5.74, 6) is -6.35. The smallest absolute Gasteiger partial charge is 0.311 e. The van der Waals surface area contributed by atoms with E-state index in [1.54, 1.807) is 55.5 Å². The van der Waals surface area contributed by atoms with Crippen molar-refractivity contribution in [2.75, 3.05) is 14.2 Å². The molecule has 0 aromatic carbocycles. The number of carbonyl (C=O) groups is 4. The number of aliphatic hydroxyl groups is 4. The molecule has 0 radical (unpaired) electrons. The fourth-order valence-corrected chi connectivity index (χ4v) is 8.82. The predicted molar refractivity (Wildman–Crippen MR) is 201 cm³/mol. The predicted octanol–water partition coefficient (Wildman–Crippen LogP) is 2.27. The van der Waals surface area contributed by atoms with E-state index < -0.39 is 126 Å². The third-order valence-electron chi connectivity index (χ3n) is 12.4. The first-order valence-corrected chi connectivity index (χ1v) is 19.9. The Morgan fingerprint density at radius 1 is 0.893 bits per heavy atom. The van der Waals surface area contributed by atoms with Gasteiger partial charge >= 0.3 is 11.9 Å². The number of cyclic esters (lactones) is 1. The van der Waals surface area contributed by atoms with E-state index in [0.29, 0.717) is 6.42 Å². The lowest BCUT2D eigenvalue weighted by molar-refractivity contribution is -0.318. The van der Waals surface area contributed by atoms with Crippen LogP contribution in [0.4, 0.5) is 0 Å². The summed E-state index contributed by atoms with van der Waals surface area (Å²) >= 11 is 0. The van der Waals surface area contributed by atoms with Gasteiger partial charge in [-0.15, -0.1) is 0 Å². The molecule has 0 aliphatic carbocycles. The van der Waals surface area contributed by atoms with Gasteiger partial charge in [0.2, 0.25) is 5.91 Å². The number of rotatable bonds is 8. The Hall–Kier alpha value is -2.28. The minimum atomic E-state index is -2.04. The lowest BCUT2D eigenvalue weighted by atomic mass is 9.74. The molecule has 3 heterocycles. The van der Waals surface area contributed by atoms with E-state index in [-0.39, 0.29) is 25.2 Å². The Morgan fingerprint density at radius 2 is 1.50 bits per heavy atom. The van der Waals surface area contributed by atoms with Gasteiger partial charge in [0.25, 0.3) is 0 Å². The molecule has 8 unspecified atom stereocenters. The maximum absolute atomic E-state index is 14.2. The van der Waals surface area contributed by atoms with E-state index >= 15 is 0 Å². The molecular formula is C40H69NO15. The maximum Gasteiger partial charge on any atom is 0.311 e. The average Bonchev–Trinajstić information content (AvgIpc) is 3.11. The molecule has 56 heavy (non-hydrogen) atoms. The Morgan fingerprint density at radius 3 is 2.04 bits per heavy atom. The van der Waals surface area contributed by atoms with Crippen molar-refractivity contribution in [2.45, 2.75) is 193 Å². The van der Waals surface area contributed by atoms with Gasteiger partial charge in [0, 0.05) is 52.2 Å².